The lowest BCUT2D eigenvalue weighted by Gasteiger charge is -2.19. The number of carboxylic acid groups (broad SMARTS) is 2. The molecule has 0 aliphatic carbocycles. The number of carbonyl (C=O) groups is 2. The summed E-state index contributed by atoms with van der Waals surface area (Å²) >= 11 is 0. The third-order valence-corrected chi connectivity index (χ3v) is 4.47. The largest absolute Gasteiger partial charge is 0.478 e. The predicted octanol–water partition coefficient (Wildman–Crippen LogP) is 5.11. The minimum Gasteiger partial charge on any atom is -0.478 e. The predicted molar refractivity (Wildman–Crippen MR) is 91.5 cm³/mol. The number of aromatic carboxylic acids is 2. The van der Waals surface area contributed by atoms with Crippen LogP contribution in [0.4, 0.5) is 0 Å². The Balaban J connectivity index is 3.20. The molecule has 0 bridgehead atoms. The standard InChI is InChI=1S/C19H28O4/c1-4-6-7-8-9-10-15-14(13(3)5-2)11-12-16(18(20)21)17(15)19(22)23/h11-13H,4-10H2,1-3H3,(H,20,21)(H,22,23). The fraction of sp³-hybridized carbons (Fsp3) is 0.579. The van der Waals surface area contributed by atoms with E-state index < -0.39 is 11.9 Å². The van der Waals surface area contributed by atoms with Crippen LogP contribution in [-0.4, -0.2) is 22.2 Å². The second-order valence-electron chi connectivity index (χ2n) is 6.14. The van der Waals surface area contributed by atoms with Gasteiger partial charge in [-0.25, -0.2) is 9.59 Å². The third kappa shape index (κ3) is 5.08. The second-order valence-corrected chi connectivity index (χ2v) is 6.14. The Labute approximate surface area is 138 Å². The van der Waals surface area contributed by atoms with Crippen LogP contribution < -0.4 is 0 Å². The molecule has 1 rings (SSSR count). The molecular weight excluding hydrogens is 292 g/mol. The highest BCUT2D eigenvalue weighted by molar-refractivity contribution is 6.03. The van der Waals surface area contributed by atoms with Gasteiger partial charge in [-0.1, -0.05) is 52.5 Å². The molecule has 0 fully saturated rings. The van der Waals surface area contributed by atoms with E-state index in [-0.39, 0.29) is 17.0 Å². The van der Waals surface area contributed by atoms with Crippen LogP contribution in [0.15, 0.2) is 12.1 Å². The zero-order chi connectivity index (χ0) is 17.4. The molecule has 4 heteroatoms. The van der Waals surface area contributed by atoms with Gasteiger partial charge >= 0.3 is 11.9 Å². The molecule has 1 atom stereocenters. The quantitative estimate of drug-likeness (QED) is 0.587. The Morgan fingerprint density at radius 1 is 1.00 bits per heavy atom. The van der Waals surface area contributed by atoms with Gasteiger partial charge in [0.2, 0.25) is 0 Å². The molecule has 2 N–H and O–H groups in total. The Morgan fingerprint density at radius 2 is 1.65 bits per heavy atom. The molecule has 0 amide bonds. The van der Waals surface area contributed by atoms with E-state index in [0.717, 1.165) is 37.7 Å². The molecule has 23 heavy (non-hydrogen) atoms. The number of carboxylic acids is 2. The van der Waals surface area contributed by atoms with Crippen LogP contribution >= 0.6 is 0 Å². The van der Waals surface area contributed by atoms with Gasteiger partial charge < -0.3 is 10.2 Å². The van der Waals surface area contributed by atoms with Gasteiger partial charge in [-0.05, 0) is 42.4 Å². The summed E-state index contributed by atoms with van der Waals surface area (Å²) in [5.41, 5.74) is 1.56. The molecule has 0 heterocycles. The smallest absolute Gasteiger partial charge is 0.336 e. The van der Waals surface area contributed by atoms with Gasteiger partial charge in [-0.15, -0.1) is 0 Å². The number of benzene rings is 1. The van der Waals surface area contributed by atoms with Crippen LogP contribution in [0.25, 0.3) is 0 Å². The van der Waals surface area contributed by atoms with Gasteiger partial charge in [0.15, 0.2) is 0 Å². The van der Waals surface area contributed by atoms with Crippen molar-refractivity contribution >= 4 is 11.9 Å². The Hall–Kier alpha value is -1.84. The average molecular weight is 320 g/mol. The van der Waals surface area contributed by atoms with Gasteiger partial charge in [0, 0.05) is 0 Å². The summed E-state index contributed by atoms with van der Waals surface area (Å²) in [5.74, 6) is -2.09. The minimum atomic E-state index is -1.18. The first-order chi connectivity index (χ1) is 10.9. The first-order valence-electron chi connectivity index (χ1n) is 8.56. The van der Waals surface area contributed by atoms with E-state index in [9.17, 15) is 19.8 Å². The zero-order valence-corrected chi connectivity index (χ0v) is 14.4. The monoisotopic (exact) mass is 320 g/mol. The first-order valence-corrected chi connectivity index (χ1v) is 8.56. The van der Waals surface area contributed by atoms with Crippen LogP contribution in [0.2, 0.25) is 0 Å². The lowest BCUT2D eigenvalue weighted by molar-refractivity contribution is 0.0650. The van der Waals surface area contributed by atoms with E-state index in [0.29, 0.717) is 12.0 Å². The number of rotatable bonds is 10. The number of hydrogen-bond donors (Lipinski definition) is 2. The van der Waals surface area contributed by atoms with Gasteiger partial charge in [0.25, 0.3) is 0 Å². The highest BCUT2D eigenvalue weighted by Gasteiger charge is 2.24. The van der Waals surface area contributed by atoms with Crippen LogP contribution in [0, 0.1) is 0 Å². The molecule has 0 radical (unpaired) electrons. The Kier molecular flexibility index (Phi) is 7.79. The first kappa shape index (κ1) is 19.2. The molecule has 1 unspecified atom stereocenters. The van der Waals surface area contributed by atoms with E-state index in [1.165, 1.54) is 12.5 Å². The topological polar surface area (TPSA) is 74.6 Å². The summed E-state index contributed by atoms with van der Waals surface area (Å²) in [6.45, 7) is 6.27. The highest BCUT2D eigenvalue weighted by atomic mass is 16.4. The fourth-order valence-corrected chi connectivity index (χ4v) is 2.94. The van der Waals surface area contributed by atoms with Crippen molar-refractivity contribution in [3.05, 3.63) is 34.4 Å². The van der Waals surface area contributed by atoms with E-state index >= 15 is 0 Å². The second kappa shape index (κ2) is 9.33. The average Bonchev–Trinajstić information content (AvgIpc) is 2.52. The molecule has 0 spiro atoms. The fourth-order valence-electron chi connectivity index (χ4n) is 2.94. The van der Waals surface area contributed by atoms with Gasteiger partial charge in [0.05, 0.1) is 11.1 Å². The van der Waals surface area contributed by atoms with Crippen molar-refractivity contribution in [3.8, 4) is 0 Å². The zero-order valence-electron chi connectivity index (χ0n) is 14.4. The minimum absolute atomic E-state index is 0.0224. The summed E-state index contributed by atoms with van der Waals surface area (Å²) in [5, 5.41) is 18.9. The maximum Gasteiger partial charge on any atom is 0.336 e. The van der Waals surface area contributed by atoms with E-state index in [2.05, 4.69) is 20.8 Å². The summed E-state index contributed by atoms with van der Waals surface area (Å²) in [6, 6.07) is 3.24. The molecule has 4 nitrogen and oxygen atoms in total. The van der Waals surface area contributed by atoms with Crippen LogP contribution in [0.3, 0.4) is 0 Å². The van der Waals surface area contributed by atoms with Crippen molar-refractivity contribution in [2.24, 2.45) is 0 Å². The molecule has 0 aliphatic rings. The SMILES string of the molecule is CCCCCCCc1c(C(C)CC)ccc(C(=O)O)c1C(=O)O. The van der Waals surface area contributed by atoms with Gasteiger partial charge in [0.1, 0.15) is 0 Å². The summed E-state index contributed by atoms with van der Waals surface area (Å²) in [7, 11) is 0. The lowest BCUT2D eigenvalue weighted by atomic mass is 9.85. The van der Waals surface area contributed by atoms with Crippen LogP contribution in [-0.2, 0) is 6.42 Å². The molecule has 1 aromatic carbocycles. The maximum absolute atomic E-state index is 11.7. The van der Waals surface area contributed by atoms with Crippen molar-refractivity contribution < 1.29 is 19.8 Å². The molecule has 0 aromatic heterocycles. The summed E-state index contributed by atoms with van der Waals surface area (Å²) < 4.78 is 0. The molecular formula is C19H28O4. The van der Waals surface area contributed by atoms with Gasteiger partial charge in [-0.2, -0.15) is 0 Å². The third-order valence-electron chi connectivity index (χ3n) is 4.47. The highest BCUT2D eigenvalue weighted by Crippen LogP contribution is 2.29. The van der Waals surface area contributed by atoms with E-state index in [4.69, 9.17) is 0 Å². The normalized spacial score (nSPS) is 12.1. The number of hydrogen-bond acceptors (Lipinski definition) is 2. The van der Waals surface area contributed by atoms with Gasteiger partial charge in [-0.3, -0.25) is 0 Å². The van der Waals surface area contributed by atoms with E-state index in [1.807, 2.05) is 0 Å². The molecule has 1 aromatic rings. The Bertz CT molecular complexity index is 549. The molecule has 0 saturated heterocycles. The lowest BCUT2D eigenvalue weighted by Crippen LogP contribution is -2.15. The van der Waals surface area contributed by atoms with Crippen molar-refractivity contribution in [1.29, 1.82) is 0 Å². The van der Waals surface area contributed by atoms with Crippen molar-refractivity contribution in [2.75, 3.05) is 0 Å². The van der Waals surface area contributed by atoms with E-state index in [1.54, 1.807) is 6.07 Å². The summed E-state index contributed by atoms with van der Waals surface area (Å²) in [4.78, 5) is 23.1. The van der Waals surface area contributed by atoms with Crippen molar-refractivity contribution in [3.63, 3.8) is 0 Å². The molecule has 0 aliphatic heterocycles. The van der Waals surface area contributed by atoms with Crippen LogP contribution in [0.1, 0.15) is 97.1 Å². The maximum atomic E-state index is 11.7. The van der Waals surface area contributed by atoms with Crippen molar-refractivity contribution in [2.45, 2.75) is 71.6 Å². The Morgan fingerprint density at radius 3 is 2.17 bits per heavy atom. The number of unbranched alkanes of at least 4 members (excludes halogenated alkanes) is 4. The molecule has 128 valence electrons. The summed E-state index contributed by atoms with van der Waals surface area (Å²) in [6.07, 6.45) is 6.94. The van der Waals surface area contributed by atoms with Crippen molar-refractivity contribution in [1.82, 2.24) is 0 Å². The molecule has 0 saturated carbocycles. The van der Waals surface area contributed by atoms with Crippen LogP contribution in [0.5, 0.6) is 0 Å².